The molecule has 0 unspecified atom stereocenters. The fraction of sp³-hybridized carbons (Fsp3) is 0.0909. The van der Waals surface area contributed by atoms with Gasteiger partial charge in [-0.05, 0) is 18.6 Å². The van der Waals surface area contributed by atoms with Gasteiger partial charge in [0.1, 0.15) is 5.75 Å². The second kappa shape index (κ2) is 4.97. The molecule has 0 saturated heterocycles. The van der Waals surface area contributed by atoms with Crippen molar-refractivity contribution in [3.05, 3.63) is 51.4 Å². The molecule has 0 N–H and O–H groups in total. The molecule has 0 bridgehead atoms. The molecule has 1 aromatic carbocycles. The van der Waals surface area contributed by atoms with E-state index < -0.39 is 4.92 Å². The van der Waals surface area contributed by atoms with Crippen LogP contribution in [0.25, 0.3) is 0 Å². The summed E-state index contributed by atoms with van der Waals surface area (Å²) in [5.74, 6) is 0.610. The van der Waals surface area contributed by atoms with Gasteiger partial charge in [-0.2, -0.15) is 0 Å². The van der Waals surface area contributed by atoms with Crippen molar-refractivity contribution >= 4 is 17.3 Å². The van der Waals surface area contributed by atoms with Crippen LogP contribution < -0.4 is 4.74 Å². The van der Waals surface area contributed by atoms with Crippen LogP contribution >= 0.6 is 11.6 Å². The first-order chi connectivity index (χ1) is 8.58. The zero-order valence-electron chi connectivity index (χ0n) is 9.33. The number of hydrogen-bond donors (Lipinski definition) is 0. The van der Waals surface area contributed by atoms with Crippen molar-refractivity contribution in [1.82, 2.24) is 9.97 Å². The van der Waals surface area contributed by atoms with Crippen LogP contribution in [-0.4, -0.2) is 14.9 Å². The highest BCUT2D eigenvalue weighted by atomic mass is 35.5. The Morgan fingerprint density at radius 2 is 2.06 bits per heavy atom. The summed E-state index contributed by atoms with van der Waals surface area (Å²) in [4.78, 5) is 17.9. The standard InChI is InChI=1S/C11H8ClN3O3/c1-7-6-8(15(16)17)2-3-9(7)18-11-10(12)13-4-5-14-11/h2-6H,1H3. The number of nitrogens with zero attached hydrogens (tertiary/aromatic N) is 3. The molecule has 1 aromatic heterocycles. The molecule has 0 aliphatic carbocycles. The Hall–Kier alpha value is -2.21. The Balaban J connectivity index is 2.30. The van der Waals surface area contributed by atoms with Gasteiger partial charge in [-0.25, -0.2) is 9.97 Å². The molecule has 7 heteroatoms. The normalized spacial score (nSPS) is 10.1. The van der Waals surface area contributed by atoms with E-state index in [9.17, 15) is 10.1 Å². The molecular weight excluding hydrogens is 258 g/mol. The van der Waals surface area contributed by atoms with Crippen molar-refractivity contribution in [2.45, 2.75) is 6.92 Å². The van der Waals surface area contributed by atoms with Crippen LogP contribution in [0.15, 0.2) is 30.6 Å². The summed E-state index contributed by atoms with van der Waals surface area (Å²) in [5.41, 5.74) is 0.621. The van der Waals surface area contributed by atoms with E-state index in [0.29, 0.717) is 11.3 Å². The third-order valence-corrected chi connectivity index (χ3v) is 2.46. The highest BCUT2D eigenvalue weighted by molar-refractivity contribution is 6.30. The third kappa shape index (κ3) is 2.54. The lowest BCUT2D eigenvalue weighted by Crippen LogP contribution is -1.94. The van der Waals surface area contributed by atoms with Crippen LogP contribution in [0.4, 0.5) is 5.69 Å². The van der Waals surface area contributed by atoms with E-state index in [-0.39, 0.29) is 16.7 Å². The molecule has 0 radical (unpaired) electrons. The summed E-state index contributed by atoms with van der Waals surface area (Å²) in [6, 6.07) is 4.27. The number of nitro groups is 1. The predicted octanol–water partition coefficient (Wildman–Crippen LogP) is 3.14. The van der Waals surface area contributed by atoms with E-state index in [2.05, 4.69) is 9.97 Å². The van der Waals surface area contributed by atoms with Crippen molar-refractivity contribution in [2.24, 2.45) is 0 Å². The van der Waals surface area contributed by atoms with Crippen LogP contribution in [0.3, 0.4) is 0 Å². The topological polar surface area (TPSA) is 78.2 Å². The van der Waals surface area contributed by atoms with Crippen LogP contribution in [0.1, 0.15) is 5.56 Å². The van der Waals surface area contributed by atoms with Gasteiger partial charge in [-0.15, -0.1) is 0 Å². The number of aryl methyl sites for hydroxylation is 1. The number of non-ortho nitro benzene ring substituents is 1. The fourth-order valence-corrected chi connectivity index (χ4v) is 1.49. The number of halogens is 1. The van der Waals surface area contributed by atoms with E-state index in [4.69, 9.17) is 16.3 Å². The number of aromatic nitrogens is 2. The lowest BCUT2D eigenvalue weighted by Gasteiger charge is -2.07. The van der Waals surface area contributed by atoms with Gasteiger partial charge in [0.15, 0.2) is 5.15 Å². The number of nitro benzene ring substituents is 1. The van der Waals surface area contributed by atoms with Crippen LogP contribution in [0, 0.1) is 17.0 Å². The van der Waals surface area contributed by atoms with Gasteiger partial charge in [0.2, 0.25) is 0 Å². The van der Waals surface area contributed by atoms with Gasteiger partial charge >= 0.3 is 0 Å². The molecule has 0 spiro atoms. The molecule has 92 valence electrons. The minimum absolute atomic E-state index is 0.00472. The van der Waals surface area contributed by atoms with Gasteiger partial charge < -0.3 is 4.74 Å². The minimum Gasteiger partial charge on any atom is -0.436 e. The van der Waals surface area contributed by atoms with Crippen molar-refractivity contribution in [3.8, 4) is 11.6 Å². The highest BCUT2D eigenvalue weighted by Crippen LogP contribution is 2.29. The first-order valence-corrected chi connectivity index (χ1v) is 5.35. The first kappa shape index (κ1) is 12.3. The van der Waals surface area contributed by atoms with Crippen LogP contribution in [0.2, 0.25) is 5.15 Å². The summed E-state index contributed by atoms with van der Waals surface area (Å²) in [6.07, 6.45) is 2.89. The Morgan fingerprint density at radius 3 is 2.67 bits per heavy atom. The number of hydrogen-bond acceptors (Lipinski definition) is 5. The molecule has 2 aromatic rings. The number of benzene rings is 1. The summed E-state index contributed by atoms with van der Waals surface area (Å²) >= 11 is 5.80. The van der Waals surface area contributed by atoms with Gasteiger partial charge in [0.05, 0.1) is 4.92 Å². The predicted molar refractivity (Wildman–Crippen MR) is 64.9 cm³/mol. The first-order valence-electron chi connectivity index (χ1n) is 4.97. The fourth-order valence-electron chi connectivity index (χ4n) is 1.34. The third-order valence-electron chi connectivity index (χ3n) is 2.20. The Morgan fingerprint density at radius 1 is 1.33 bits per heavy atom. The largest absolute Gasteiger partial charge is 0.436 e. The number of rotatable bonds is 3. The van der Waals surface area contributed by atoms with Gasteiger partial charge in [0, 0.05) is 24.5 Å². The lowest BCUT2D eigenvalue weighted by atomic mass is 10.2. The Kier molecular flexibility index (Phi) is 3.38. The quantitative estimate of drug-likeness (QED) is 0.629. The number of ether oxygens (including phenoxy) is 1. The van der Waals surface area contributed by atoms with Crippen LogP contribution in [-0.2, 0) is 0 Å². The smallest absolute Gasteiger partial charge is 0.269 e. The van der Waals surface area contributed by atoms with Crippen molar-refractivity contribution in [2.75, 3.05) is 0 Å². The van der Waals surface area contributed by atoms with E-state index in [1.165, 1.54) is 30.6 Å². The maximum absolute atomic E-state index is 10.6. The molecule has 18 heavy (non-hydrogen) atoms. The summed E-state index contributed by atoms with van der Waals surface area (Å²) in [5, 5.41) is 10.7. The molecule has 0 atom stereocenters. The van der Waals surface area contributed by atoms with E-state index in [1.54, 1.807) is 6.92 Å². The van der Waals surface area contributed by atoms with Gasteiger partial charge in [0.25, 0.3) is 11.6 Å². The van der Waals surface area contributed by atoms with Crippen molar-refractivity contribution in [1.29, 1.82) is 0 Å². The summed E-state index contributed by atoms with van der Waals surface area (Å²) in [6.45, 7) is 1.70. The van der Waals surface area contributed by atoms with Crippen molar-refractivity contribution < 1.29 is 9.66 Å². The van der Waals surface area contributed by atoms with Gasteiger partial charge in [-0.3, -0.25) is 10.1 Å². The van der Waals surface area contributed by atoms with E-state index in [0.717, 1.165) is 0 Å². The van der Waals surface area contributed by atoms with Crippen molar-refractivity contribution in [3.63, 3.8) is 0 Å². The molecule has 0 aliphatic rings. The van der Waals surface area contributed by atoms with Crippen LogP contribution in [0.5, 0.6) is 11.6 Å². The minimum atomic E-state index is -0.466. The molecule has 0 amide bonds. The highest BCUT2D eigenvalue weighted by Gasteiger charge is 2.11. The summed E-state index contributed by atoms with van der Waals surface area (Å²) < 4.78 is 5.45. The zero-order chi connectivity index (χ0) is 13.1. The average molecular weight is 266 g/mol. The second-order valence-corrected chi connectivity index (χ2v) is 3.82. The molecule has 0 saturated carbocycles. The van der Waals surface area contributed by atoms with E-state index >= 15 is 0 Å². The molecule has 6 nitrogen and oxygen atoms in total. The monoisotopic (exact) mass is 265 g/mol. The molecule has 2 rings (SSSR count). The average Bonchev–Trinajstić information content (AvgIpc) is 2.34. The van der Waals surface area contributed by atoms with Gasteiger partial charge in [-0.1, -0.05) is 11.6 Å². The summed E-state index contributed by atoms with van der Waals surface area (Å²) in [7, 11) is 0. The molecular formula is C11H8ClN3O3. The maximum Gasteiger partial charge on any atom is 0.269 e. The molecule has 0 fully saturated rings. The second-order valence-electron chi connectivity index (χ2n) is 3.46. The lowest BCUT2D eigenvalue weighted by molar-refractivity contribution is -0.384. The maximum atomic E-state index is 10.6. The molecule has 0 aliphatic heterocycles. The molecule has 1 heterocycles. The van der Waals surface area contributed by atoms with E-state index in [1.807, 2.05) is 0 Å². The Labute approximate surface area is 107 Å². The Bertz CT molecular complexity index is 604. The SMILES string of the molecule is Cc1cc([N+](=O)[O-])ccc1Oc1nccnc1Cl. The zero-order valence-corrected chi connectivity index (χ0v) is 10.1.